The first-order valence-corrected chi connectivity index (χ1v) is 9.70. The number of benzene rings is 1. The van der Waals surface area contributed by atoms with Gasteiger partial charge in [0.15, 0.2) is 0 Å². The molecule has 0 spiro atoms. The van der Waals surface area contributed by atoms with Crippen LogP contribution in [0.2, 0.25) is 0 Å². The van der Waals surface area contributed by atoms with Gasteiger partial charge >= 0.3 is 0 Å². The second-order valence-electron chi connectivity index (χ2n) is 7.58. The summed E-state index contributed by atoms with van der Waals surface area (Å²) < 4.78 is 3.90. The van der Waals surface area contributed by atoms with Crippen LogP contribution in [0.4, 0.5) is 0 Å². The molecule has 0 unspecified atom stereocenters. The van der Waals surface area contributed by atoms with E-state index < -0.39 is 0 Å². The van der Waals surface area contributed by atoms with E-state index in [2.05, 4.69) is 39.8 Å². The van der Waals surface area contributed by atoms with Gasteiger partial charge in [-0.2, -0.15) is 5.10 Å². The van der Waals surface area contributed by atoms with Crippen molar-refractivity contribution in [3.8, 4) is 11.3 Å². The van der Waals surface area contributed by atoms with Crippen LogP contribution in [0.1, 0.15) is 27.4 Å². The monoisotopic (exact) mass is 386 g/mol. The molecule has 4 aromatic rings. The maximum Gasteiger partial charge on any atom is 0.256 e. The predicted octanol–water partition coefficient (Wildman–Crippen LogP) is 2.88. The Balaban J connectivity index is 1.41. The Morgan fingerprint density at radius 2 is 1.97 bits per heavy atom. The molecule has 0 saturated heterocycles. The zero-order valence-corrected chi connectivity index (χ0v) is 16.8. The number of rotatable bonds is 4. The molecule has 0 fully saturated rings. The number of imidazole rings is 1. The van der Waals surface area contributed by atoms with Crippen LogP contribution in [0.15, 0.2) is 42.7 Å². The van der Waals surface area contributed by atoms with E-state index in [4.69, 9.17) is 4.98 Å². The molecule has 0 radical (unpaired) electrons. The minimum Gasteiger partial charge on any atom is -0.332 e. The molecule has 3 aromatic heterocycles. The van der Waals surface area contributed by atoms with Crippen molar-refractivity contribution in [2.75, 3.05) is 6.54 Å². The largest absolute Gasteiger partial charge is 0.332 e. The van der Waals surface area contributed by atoms with Crippen molar-refractivity contribution in [3.63, 3.8) is 0 Å². The molecule has 0 atom stereocenters. The summed E-state index contributed by atoms with van der Waals surface area (Å²) in [5.74, 6) is 1.01. The highest BCUT2D eigenvalue weighted by molar-refractivity contribution is 6.03. The normalized spacial score (nSPS) is 13.5. The van der Waals surface area contributed by atoms with E-state index in [9.17, 15) is 4.79 Å². The lowest BCUT2D eigenvalue weighted by Gasteiger charge is -2.15. The van der Waals surface area contributed by atoms with Crippen LogP contribution in [0.25, 0.3) is 22.3 Å². The maximum absolute atomic E-state index is 13.2. The molecule has 7 nitrogen and oxygen atoms in total. The van der Waals surface area contributed by atoms with Crippen LogP contribution in [0, 0.1) is 6.92 Å². The van der Waals surface area contributed by atoms with Crippen molar-refractivity contribution in [1.82, 2.24) is 29.2 Å². The van der Waals surface area contributed by atoms with Gasteiger partial charge in [0.2, 0.25) is 0 Å². The summed E-state index contributed by atoms with van der Waals surface area (Å²) in [5, 5.41) is 4.24. The van der Waals surface area contributed by atoms with Crippen molar-refractivity contribution in [3.05, 3.63) is 65.4 Å². The highest BCUT2D eigenvalue weighted by Gasteiger charge is 2.32. The molecular formula is C22H22N6O. The number of carbonyl (C=O) groups is 1. The first-order valence-electron chi connectivity index (χ1n) is 9.70. The predicted molar refractivity (Wildman–Crippen MR) is 110 cm³/mol. The molecule has 1 aliphatic heterocycles. The summed E-state index contributed by atoms with van der Waals surface area (Å²) in [4.78, 5) is 24.3. The lowest BCUT2D eigenvalue weighted by Crippen LogP contribution is -2.27. The van der Waals surface area contributed by atoms with E-state index >= 15 is 0 Å². The van der Waals surface area contributed by atoms with Gasteiger partial charge in [-0.1, -0.05) is 6.07 Å². The number of hydrogen-bond donors (Lipinski definition) is 0. The fourth-order valence-corrected chi connectivity index (χ4v) is 4.12. The van der Waals surface area contributed by atoms with Crippen molar-refractivity contribution >= 4 is 16.9 Å². The van der Waals surface area contributed by atoms with Gasteiger partial charge in [-0.3, -0.25) is 14.5 Å². The number of hydrogen-bond acceptors (Lipinski definition) is 4. The fraction of sp³-hybridized carbons (Fsp3) is 0.273. The van der Waals surface area contributed by atoms with Gasteiger partial charge in [0.1, 0.15) is 5.82 Å². The summed E-state index contributed by atoms with van der Waals surface area (Å²) in [6.45, 7) is 3.21. The molecule has 1 aliphatic rings. The molecule has 5 rings (SSSR count). The Labute approximate surface area is 168 Å². The van der Waals surface area contributed by atoms with Gasteiger partial charge < -0.3 is 9.47 Å². The molecule has 7 heteroatoms. The third kappa shape index (κ3) is 2.81. The molecule has 0 saturated carbocycles. The number of aromatic nitrogens is 5. The Hall–Kier alpha value is -3.48. The average molecular weight is 386 g/mol. The summed E-state index contributed by atoms with van der Waals surface area (Å²) in [5.41, 5.74) is 6.64. The number of fused-ring (bicyclic) bond motifs is 2. The number of aryl methyl sites for hydroxylation is 3. The third-order valence-electron chi connectivity index (χ3n) is 5.70. The molecule has 1 aromatic carbocycles. The standard InChI is InChI=1S/C22H22N6O/c1-14-4-5-19-16(12-14)25-20(26(19)2)8-11-28-13-17-21(22(28)29)15(6-9-23-17)18-7-10-24-27(18)3/h4-7,9-10,12H,8,11,13H2,1-3H3. The Bertz CT molecular complexity index is 1250. The number of amides is 1. The van der Waals surface area contributed by atoms with Crippen molar-refractivity contribution in [2.24, 2.45) is 14.1 Å². The van der Waals surface area contributed by atoms with Crippen LogP contribution in [-0.4, -0.2) is 41.7 Å². The Kier molecular flexibility index (Phi) is 3.97. The zero-order valence-electron chi connectivity index (χ0n) is 16.8. The quantitative estimate of drug-likeness (QED) is 0.541. The van der Waals surface area contributed by atoms with Crippen LogP contribution in [-0.2, 0) is 27.1 Å². The molecule has 1 amide bonds. The topological polar surface area (TPSA) is 68.8 Å². The van der Waals surface area contributed by atoms with Gasteiger partial charge in [-0.15, -0.1) is 0 Å². The van der Waals surface area contributed by atoms with E-state index in [-0.39, 0.29) is 5.91 Å². The van der Waals surface area contributed by atoms with Gasteiger partial charge in [0.25, 0.3) is 5.91 Å². The van der Waals surface area contributed by atoms with Crippen LogP contribution < -0.4 is 0 Å². The molecule has 29 heavy (non-hydrogen) atoms. The van der Waals surface area contributed by atoms with Gasteiger partial charge in [0.05, 0.1) is 34.5 Å². The minimum atomic E-state index is 0.0268. The zero-order chi connectivity index (χ0) is 20.1. The van der Waals surface area contributed by atoms with Gasteiger partial charge in [-0.25, -0.2) is 4.98 Å². The highest BCUT2D eigenvalue weighted by Crippen LogP contribution is 2.31. The van der Waals surface area contributed by atoms with Crippen LogP contribution >= 0.6 is 0 Å². The van der Waals surface area contributed by atoms with E-state index in [1.807, 2.05) is 31.1 Å². The number of nitrogens with zero attached hydrogens (tertiary/aromatic N) is 6. The molecule has 4 heterocycles. The SMILES string of the molecule is Cc1ccc2c(c1)nc(CCN1Cc3nccc(-c4ccnn4C)c3C1=O)n2C. The summed E-state index contributed by atoms with van der Waals surface area (Å²) in [6, 6.07) is 10.1. The minimum absolute atomic E-state index is 0.0268. The van der Waals surface area contributed by atoms with Crippen LogP contribution in [0.3, 0.4) is 0 Å². The van der Waals surface area contributed by atoms with E-state index in [0.717, 1.165) is 33.8 Å². The first-order chi connectivity index (χ1) is 14.0. The van der Waals surface area contributed by atoms with Crippen molar-refractivity contribution in [2.45, 2.75) is 19.9 Å². The van der Waals surface area contributed by atoms with Gasteiger partial charge in [0, 0.05) is 45.0 Å². The maximum atomic E-state index is 13.2. The molecule has 0 bridgehead atoms. The molecule has 146 valence electrons. The second-order valence-corrected chi connectivity index (χ2v) is 7.58. The fourth-order valence-electron chi connectivity index (χ4n) is 4.12. The third-order valence-corrected chi connectivity index (χ3v) is 5.70. The Morgan fingerprint density at radius 3 is 2.76 bits per heavy atom. The number of carbonyl (C=O) groups excluding carboxylic acids is 1. The average Bonchev–Trinajstić information content (AvgIpc) is 3.36. The lowest BCUT2D eigenvalue weighted by atomic mass is 10.1. The lowest BCUT2D eigenvalue weighted by molar-refractivity contribution is 0.0779. The van der Waals surface area contributed by atoms with E-state index in [1.165, 1.54) is 5.56 Å². The molecular weight excluding hydrogens is 364 g/mol. The summed E-state index contributed by atoms with van der Waals surface area (Å²) >= 11 is 0. The summed E-state index contributed by atoms with van der Waals surface area (Å²) in [6.07, 6.45) is 4.21. The Morgan fingerprint density at radius 1 is 1.10 bits per heavy atom. The number of pyridine rings is 1. The molecule has 0 N–H and O–H groups in total. The van der Waals surface area contributed by atoms with Gasteiger partial charge in [-0.05, 0) is 36.8 Å². The summed E-state index contributed by atoms with van der Waals surface area (Å²) in [7, 11) is 3.91. The highest BCUT2D eigenvalue weighted by atomic mass is 16.2. The van der Waals surface area contributed by atoms with Crippen LogP contribution in [0.5, 0.6) is 0 Å². The van der Waals surface area contributed by atoms with Crippen molar-refractivity contribution < 1.29 is 4.79 Å². The first kappa shape index (κ1) is 17.6. The molecule has 0 aliphatic carbocycles. The smallest absolute Gasteiger partial charge is 0.256 e. The van der Waals surface area contributed by atoms with Crippen molar-refractivity contribution in [1.29, 1.82) is 0 Å². The second kappa shape index (κ2) is 6.55. The van der Waals surface area contributed by atoms with E-state index in [0.29, 0.717) is 25.1 Å². The van der Waals surface area contributed by atoms with E-state index in [1.54, 1.807) is 17.1 Å².